The topological polar surface area (TPSA) is 48.1 Å². The number of aromatic nitrogens is 1. The van der Waals surface area contributed by atoms with E-state index in [9.17, 15) is 4.79 Å². The van der Waals surface area contributed by atoms with Gasteiger partial charge in [-0.1, -0.05) is 18.2 Å². The summed E-state index contributed by atoms with van der Waals surface area (Å²) in [6, 6.07) is 8.38. The second kappa shape index (κ2) is 4.63. The third-order valence-electron chi connectivity index (χ3n) is 4.56. The normalized spacial score (nSPS) is 18.9. The molecule has 1 fully saturated rings. The Kier molecular flexibility index (Phi) is 2.77. The summed E-state index contributed by atoms with van der Waals surface area (Å²) in [6.45, 7) is 3.60. The number of para-hydroxylation sites is 1. The molecule has 1 aromatic heterocycles. The first-order chi connectivity index (χ1) is 9.81. The van der Waals surface area contributed by atoms with Gasteiger partial charge in [0.25, 0.3) is 0 Å². The Bertz CT molecular complexity index is 657. The fourth-order valence-corrected chi connectivity index (χ4v) is 3.25. The van der Waals surface area contributed by atoms with E-state index in [1.54, 1.807) is 0 Å². The summed E-state index contributed by atoms with van der Waals surface area (Å²) in [6.07, 6.45) is 1.64. The van der Waals surface area contributed by atoms with Crippen LogP contribution in [0.4, 0.5) is 0 Å². The number of carbonyl (C=O) groups excluding carboxylic acids is 1. The average Bonchev–Trinajstić information content (AvgIpc) is 2.80. The fourth-order valence-electron chi connectivity index (χ4n) is 3.25. The highest BCUT2D eigenvalue weighted by molar-refractivity contribution is 5.86. The van der Waals surface area contributed by atoms with Crippen LogP contribution in [0.3, 0.4) is 0 Å². The predicted octanol–water partition coefficient (Wildman–Crippen LogP) is 1.66. The molecule has 4 heteroatoms. The molecule has 1 amide bonds. The summed E-state index contributed by atoms with van der Waals surface area (Å²) >= 11 is 0. The van der Waals surface area contributed by atoms with Crippen molar-refractivity contribution in [3.63, 3.8) is 0 Å². The van der Waals surface area contributed by atoms with Crippen molar-refractivity contribution in [1.82, 2.24) is 15.2 Å². The van der Waals surface area contributed by atoms with Crippen LogP contribution in [-0.4, -0.2) is 35.4 Å². The largest absolute Gasteiger partial charge is 0.358 e. The third-order valence-corrected chi connectivity index (χ3v) is 4.56. The van der Waals surface area contributed by atoms with Crippen LogP contribution < -0.4 is 5.32 Å². The molecule has 1 saturated heterocycles. The minimum absolute atomic E-state index is 0.312. The minimum atomic E-state index is 0.312. The molecule has 2 aromatic rings. The summed E-state index contributed by atoms with van der Waals surface area (Å²) in [5.41, 5.74) is 3.81. The lowest BCUT2D eigenvalue weighted by atomic mass is 9.97. The highest BCUT2D eigenvalue weighted by Crippen LogP contribution is 2.28. The first-order valence-corrected chi connectivity index (χ1v) is 7.38. The molecular weight excluding hydrogens is 250 g/mol. The van der Waals surface area contributed by atoms with Crippen LogP contribution in [0, 0.1) is 5.92 Å². The zero-order valence-corrected chi connectivity index (χ0v) is 11.5. The van der Waals surface area contributed by atoms with Crippen molar-refractivity contribution in [3.05, 3.63) is 35.5 Å². The van der Waals surface area contributed by atoms with Gasteiger partial charge in [-0.3, -0.25) is 4.79 Å². The van der Waals surface area contributed by atoms with E-state index in [1.807, 2.05) is 4.90 Å². The molecule has 0 unspecified atom stereocenters. The van der Waals surface area contributed by atoms with E-state index < -0.39 is 0 Å². The summed E-state index contributed by atoms with van der Waals surface area (Å²) in [5, 5.41) is 4.50. The Hall–Kier alpha value is -1.81. The monoisotopic (exact) mass is 269 g/mol. The van der Waals surface area contributed by atoms with E-state index in [1.165, 1.54) is 22.2 Å². The lowest BCUT2D eigenvalue weighted by Crippen LogP contribution is -2.46. The quantitative estimate of drug-likeness (QED) is 0.871. The van der Waals surface area contributed by atoms with Crippen molar-refractivity contribution in [2.75, 3.05) is 19.6 Å². The Balaban J connectivity index is 1.57. The fraction of sp³-hybridized carbons (Fsp3) is 0.438. The van der Waals surface area contributed by atoms with Crippen molar-refractivity contribution >= 4 is 16.8 Å². The van der Waals surface area contributed by atoms with Crippen LogP contribution in [0.15, 0.2) is 24.3 Å². The summed E-state index contributed by atoms with van der Waals surface area (Å²) in [7, 11) is 0. The Morgan fingerprint density at radius 1 is 1.30 bits per heavy atom. The second-order valence-corrected chi connectivity index (χ2v) is 5.92. The van der Waals surface area contributed by atoms with Crippen molar-refractivity contribution in [2.24, 2.45) is 5.92 Å². The molecule has 1 aromatic carbocycles. The number of hydrogen-bond acceptors (Lipinski definition) is 2. The Labute approximate surface area is 118 Å². The standard InChI is InChI=1S/C16H19N3O/c20-16(7-11-8-17-9-11)19-6-5-15-13(10-19)12-3-1-2-4-14(12)18-15/h1-4,11,17-18H,5-10H2. The number of amides is 1. The van der Waals surface area contributed by atoms with Crippen molar-refractivity contribution in [1.29, 1.82) is 0 Å². The van der Waals surface area contributed by atoms with Crippen LogP contribution in [0.1, 0.15) is 17.7 Å². The van der Waals surface area contributed by atoms with Crippen LogP contribution in [-0.2, 0) is 17.8 Å². The molecule has 2 aliphatic rings. The molecule has 20 heavy (non-hydrogen) atoms. The minimum Gasteiger partial charge on any atom is -0.358 e. The molecule has 3 heterocycles. The highest BCUT2D eigenvalue weighted by atomic mass is 16.2. The van der Waals surface area contributed by atoms with Crippen LogP contribution >= 0.6 is 0 Å². The number of aromatic amines is 1. The number of benzene rings is 1. The molecule has 0 aliphatic carbocycles. The molecule has 4 nitrogen and oxygen atoms in total. The first-order valence-electron chi connectivity index (χ1n) is 7.38. The highest BCUT2D eigenvalue weighted by Gasteiger charge is 2.27. The molecule has 0 saturated carbocycles. The first kappa shape index (κ1) is 12.0. The summed E-state index contributed by atoms with van der Waals surface area (Å²) < 4.78 is 0. The lowest BCUT2D eigenvalue weighted by Gasteiger charge is -2.32. The van der Waals surface area contributed by atoms with E-state index in [-0.39, 0.29) is 0 Å². The Morgan fingerprint density at radius 3 is 2.95 bits per heavy atom. The van der Waals surface area contributed by atoms with E-state index >= 15 is 0 Å². The van der Waals surface area contributed by atoms with Gasteiger partial charge in [0.2, 0.25) is 5.91 Å². The van der Waals surface area contributed by atoms with E-state index in [4.69, 9.17) is 0 Å². The van der Waals surface area contributed by atoms with E-state index in [0.717, 1.165) is 32.6 Å². The maximum absolute atomic E-state index is 12.4. The van der Waals surface area contributed by atoms with Gasteiger partial charge < -0.3 is 15.2 Å². The summed E-state index contributed by atoms with van der Waals surface area (Å²) in [5.74, 6) is 0.860. The number of rotatable bonds is 2. The zero-order chi connectivity index (χ0) is 13.5. The number of carbonyl (C=O) groups is 1. The van der Waals surface area contributed by atoms with E-state index in [0.29, 0.717) is 18.2 Å². The van der Waals surface area contributed by atoms with Crippen molar-refractivity contribution in [2.45, 2.75) is 19.4 Å². The van der Waals surface area contributed by atoms with Gasteiger partial charge in [0.15, 0.2) is 0 Å². The number of fused-ring (bicyclic) bond motifs is 3. The molecule has 4 rings (SSSR count). The summed E-state index contributed by atoms with van der Waals surface area (Å²) in [4.78, 5) is 17.9. The van der Waals surface area contributed by atoms with Gasteiger partial charge in [-0.15, -0.1) is 0 Å². The molecule has 0 spiro atoms. The van der Waals surface area contributed by atoms with Gasteiger partial charge in [-0.2, -0.15) is 0 Å². The Morgan fingerprint density at radius 2 is 2.15 bits per heavy atom. The molecule has 104 valence electrons. The van der Waals surface area contributed by atoms with Crippen LogP contribution in [0.25, 0.3) is 10.9 Å². The van der Waals surface area contributed by atoms with E-state index in [2.05, 4.69) is 34.6 Å². The zero-order valence-electron chi connectivity index (χ0n) is 11.5. The maximum atomic E-state index is 12.4. The second-order valence-electron chi connectivity index (χ2n) is 5.92. The van der Waals surface area contributed by atoms with Crippen LogP contribution in [0.2, 0.25) is 0 Å². The molecular formula is C16H19N3O. The molecule has 0 atom stereocenters. The molecule has 2 N–H and O–H groups in total. The SMILES string of the molecule is O=C(CC1CNC1)N1CCc2[nH]c3ccccc3c2C1. The number of hydrogen-bond donors (Lipinski definition) is 2. The molecule has 2 aliphatic heterocycles. The van der Waals surface area contributed by atoms with Gasteiger partial charge in [0, 0.05) is 48.1 Å². The van der Waals surface area contributed by atoms with Gasteiger partial charge in [0.1, 0.15) is 0 Å². The maximum Gasteiger partial charge on any atom is 0.223 e. The number of nitrogens with one attached hydrogen (secondary N) is 2. The molecule has 0 bridgehead atoms. The third kappa shape index (κ3) is 1.91. The van der Waals surface area contributed by atoms with Crippen molar-refractivity contribution in [3.8, 4) is 0 Å². The lowest BCUT2D eigenvalue weighted by molar-refractivity contribution is -0.133. The van der Waals surface area contributed by atoms with Crippen LogP contribution in [0.5, 0.6) is 0 Å². The van der Waals surface area contributed by atoms with Gasteiger partial charge >= 0.3 is 0 Å². The number of nitrogens with zero attached hydrogens (tertiary/aromatic N) is 1. The molecule has 0 radical (unpaired) electrons. The smallest absolute Gasteiger partial charge is 0.223 e. The predicted molar refractivity (Wildman–Crippen MR) is 78.4 cm³/mol. The average molecular weight is 269 g/mol. The van der Waals surface area contributed by atoms with Gasteiger partial charge in [-0.25, -0.2) is 0 Å². The number of H-pyrrole nitrogens is 1. The van der Waals surface area contributed by atoms with Crippen molar-refractivity contribution < 1.29 is 4.79 Å². The van der Waals surface area contributed by atoms with Gasteiger partial charge in [0.05, 0.1) is 0 Å². The van der Waals surface area contributed by atoms with Gasteiger partial charge in [-0.05, 0) is 25.1 Å².